The number of hydrogen-bond acceptors (Lipinski definition) is 4. The molecule has 0 bridgehead atoms. The smallest absolute Gasteiger partial charge is 0.248 e. The lowest BCUT2D eigenvalue weighted by Crippen LogP contribution is -2.40. The van der Waals surface area contributed by atoms with Gasteiger partial charge in [-0.3, -0.25) is 4.79 Å². The first kappa shape index (κ1) is 12.1. The summed E-state index contributed by atoms with van der Waals surface area (Å²) in [5.74, 6) is 0.197. The van der Waals surface area contributed by atoms with Crippen LogP contribution in [0.5, 0.6) is 0 Å². The number of nitrogens with zero attached hydrogens (tertiary/aromatic N) is 2. The second kappa shape index (κ2) is 4.89. The van der Waals surface area contributed by atoms with E-state index in [4.69, 9.17) is 23.1 Å². The summed E-state index contributed by atoms with van der Waals surface area (Å²) in [6.07, 6.45) is 1.83. The van der Waals surface area contributed by atoms with Crippen molar-refractivity contribution in [3.8, 4) is 0 Å². The Kier molecular flexibility index (Phi) is 3.49. The van der Waals surface area contributed by atoms with Gasteiger partial charge in [-0.2, -0.15) is 0 Å². The predicted octanol–water partition coefficient (Wildman–Crippen LogP) is 0.761. The highest BCUT2D eigenvalue weighted by molar-refractivity contribution is 6.29. The van der Waals surface area contributed by atoms with Crippen LogP contribution in [0.15, 0.2) is 12.1 Å². The minimum Gasteiger partial charge on any atom is -0.366 e. The van der Waals surface area contributed by atoms with Crippen LogP contribution >= 0.6 is 11.6 Å². The molecule has 2 rings (SSSR count). The molecular formula is C11H15ClN4O. The number of piperidine rings is 1. The van der Waals surface area contributed by atoms with E-state index in [1.54, 1.807) is 6.07 Å². The summed E-state index contributed by atoms with van der Waals surface area (Å²) in [7, 11) is 0. The van der Waals surface area contributed by atoms with Gasteiger partial charge in [0.25, 0.3) is 0 Å². The minimum absolute atomic E-state index is 0.251. The Morgan fingerprint density at radius 1 is 1.41 bits per heavy atom. The number of aromatic nitrogens is 1. The van der Waals surface area contributed by atoms with Crippen LogP contribution < -0.4 is 16.4 Å². The quantitative estimate of drug-likeness (QED) is 0.763. The maximum Gasteiger partial charge on any atom is 0.248 e. The zero-order chi connectivity index (χ0) is 12.4. The Hall–Kier alpha value is -1.33. The normalized spacial score (nSPS) is 17.2. The Morgan fingerprint density at radius 3 is 2.65 bits per heavy atom. The van der Waals surface area contributed by atoms with E-state index in [0.717, 1.165) is 25.9 Å². The van der Waals surface area contributed by atoms with Gasteiger partial charge in [-0.25, -0.2) is 4.98 Å². The number of anilines is 1. The van der Waals surface area contributed by atoms with Crippen molar-refractivity contribution < 1.29 is 4.79 Å². The van der Waals surface area contributed by atoms with Crippen LogP contribution in [0.3, 0.4) is 0 Å². The van der Waals surface area contributed by atoms with Crippen LogP contribution in [0.2, 0.25) is 5.15 Å². The van der Waals surface area contributed by atoms with E-state index in [9.17, 15) is 4.79 Å². The molecule has 1 aromatic rings. The molecule has 0 aliphatic carbocycles. The first-order valence-electron chi connectivity index (χ1n) is 5.54. The Bertz CT molecular complexity index is 429. The maximum atomic E-state index is 11.1. The van der Waals surface area contributed by atoms with E-state index in [1.165, 1.54) is 6.07 Å². The molecule has 1 aromatic heterocycles. The maximum absolute atomic E-state index is 11.1. The van der Waals surface area contributed by atoms with Crippen LogP contribution in [0, 0.1) is 0 Å². The molecule has 1 saturated heterocycles. The average Bonchev–Trinajstić information content (AvgIpc) is 2.29. The third kappa shape index (κ3) is 2.87. The van der Waals surface area contributed by atoms with Crippen molar-refractivity contribution in [3.05, 3.63) is 22.8 Å². The Balaban J connectivity index is 2.23. The summed E-state index contributed by atoms with van der Waals surface area (Å²) in [5.41, 5.74) is 11.5. The molecule has 5 nitrogen and oxygen atoms in total. The van der Waals surface area contributed by atoms with Crippen molar-refractivity contribution in [2.75, 3.05) is 18.0 Å². The van der Waals surface area contributed by atoms with Crippen molar-refractivity contribution >= 4 is 23.3 Å². The molecule has 0 atom stereocenters. The largest absolute Gasteiger partial charge is 0.366 e. The lowest BCUT2D eigenvalue weighted by atomic mass is 10.1. The fraction of sp³-hybridized carbons (Fsp3) is 0.455. The Morgan fingerprint density at radius 2 is 2.06 bits per heavy atom. The van der Waals surface area contributed by atoms with E-state index < -0.39 is 5.91 Å². The fourth-order valence-electron chi connectivity index (χ4n) is 1.92. The van der Waals surface area contributed by atoms with E-state index in [1.807, 2.05) is 0 Å². The van der Waals surface area contributed by atoms with Crippen LogP contribution in [-0.2, 0) is 0 Å². The van der Waals surface area contributed by atoms with Gasteiger partial charge in [0, 0.05) is 24.7 Å². The zero-order valence-electron chi connectivity index (χ0n) is 9.40. The second-order valence-electron chi connectivity index (χ2n) is 4.23. The molecule has 0 spiro atoms. The summed E-state index contributed by atoms with van der Waals surface area (Å²) in [4.78, 5) is 17.4. The summed E-state index contributed by atoms with van der Waals surface area (Å²) in [6, 6.07) is 3.40. The number of halogens is 1. The summed E-state index contributed by atoms with van der Waals surface area (Å²) in [5, 5.41) is 0.283. The van der Waals surface area contributed by atoms with Gasteiger partial charge >= 0.3 is 0 Å². The van der Waals surface area contributed by atoms with Gasteiger partial charge in [-0.05, 0) is 25.0 Å². The molecule has 0 unspecified atom stereocenters. The number of nitrogens with two attached hydrogens (primary N) is 2. The van der Waals surface area contributed by atoms with Crippen LogP contribution in [0.1, 0.15) is 23.2 Å². The van der Waals surface area contributed by atoms with Crippen LogP contribution in [0.25, 0.3) is 0 Å². The number of rotatable bonds is 2. The van der Waals surface area contributed by atoms with Gasteiger partial charge in [-0.15, -0.1) is 0 Å². The number of carbonyl (C=O) groups is 1. The van der Waals surface area contributed by atoms with Gasteiger partial charge in [0.05, 0.1) is 0 Å². The van der Waals surface area contributed by atoms with Gasteiger partial charge in [-0.1, -0.05) is 11.6 Å². The van der Waals surface area contributed by atoms with Gasteiger partial charge in [0.15, 0.2) is 0 Å². The van der Waals surface area contributed by atoms with Gasteiger partial charge < -0.3 is 16.4 Å². The molecule has 1 fully saturated rings. The van der Waals surface area contributed by atoms with Crippen molar-refractivity contribution in [2.45, 2.75) is 18.9 Å². The highest BCUT2D eigenvalue weighted by atomic mass is 35.5. The molecule has 17 heavy (non-hydrogen) atoms. The highest BCUT2D eigenvalue weighted by Gasteiger charge is 2.18. The third-order valence-corrected chi connectivity index (χ3v) is 3.12. The molecule has 6 heteroatoms. The Labute approximate surface area is 105 Å². The van der Waals surface area contributed by atoms with E-state index in [0.29, 0.717) is 11.4 Å². The van der Waals surface area contributed by atoms with E-state index in [-0.39, 0.29) is 11.2 Å². The van der Waals surface area contributed by atoms with Crippen LogP contribution in [0.4, 0.5) is 5.82 Å². The summed E-state index contributed by atoms with van der Waals surface area (Å²) in [6.45, 7) is 1.65. The molecule has 1 aliphatic heterocycles. The molecule has 2 heterocycles. The number of hydrogen-bond donors (Lipinski definition) is 2. The van der Waals surface area contributed by atoms with Crippen molar-refractivity contribution in [1.29, 1.82) is 0 Å². The molecule has 0 saturated carbocycles. The second-order valence-corrected chi connectivity index (χ2v) is 4.61. The summed E-state index contributed by atoms with van der Waals surface area (Å²) < 4.78 is 0. The SMILES string of the molecule is NC(=O)c1cc(Cl)nc(N2CCC(N)CC2)c1. The van der Waals surface area contributed by atoms with E-state index in [2.05, 4.69) is 9.88 Å². The molecule has 1 aliphatic rings. The van der Waals surface area contributed by atoms with Crippen molar-refractivity contribution in [3.63, 3.8) is 0 Å². The topological polar surface area (TPSA) is 85.2 Å². The number of primary amides is 1. The van der Waals surface area contributed by atoms with Crippen LogP contribution in [-0.4, -0.2) is 30.0 Å². The number of carbonyl (C=O) groups excluding carboxylic acids is 1. The molecule has 92 valence electrons. The number of amides is 1. The monoisotopic (exact) mass is 254 g/mol. The van der Waals surface area contributed by atoms with Crippen molar-refractivity contribution in [1.82, 2.24) is 4.98 Å². The molecule has 0 aromatic carbocycles. The zero-order valence-corrected chi connectivity index (χ0v) is 10.2. The summed E-state index contributed by atoms with van der Waals surface area (Å²) >= 11 is 5.87. The molecule has 0 radical (unpaired) electrons. The first-order valence-corrected chi connectivity index (χ1v) is 5.92. The molecule has 4 N–H and O–H groups in total. The van der Waals surface area contributed by atoms with E-state index >= 15 is 0 Å². The number of pyridine rings is 1. The third-order valence-electron chi connectivity index (χ3n) is 2.93. The highest BCUT2D eigenvalue weighted by Crippen LogP contribution is 2.21. The predicted molar refractivity (Wildman–Crippen MR) is 67.2 cm³/mol. The minimum atomic E-state index is -0.496. The molecular weight excluding hydrogens is 240 g/mol. The van der Waals surface area contributed by atoms with Gasteiger partial charge in [0.2, 0.25) is 5.91 Å². The first-order chi connectivity index (χ1) is 8.06. The lowest BCUT2D eigenvalue weighted by molar-refractivity contribution is 0.1000. The van der Waals surface area contributed by atoms with Crippen molar-refractivity contribution in [2.24, 2.45) is 11.5 Å². The fourth-order valence-corrected chi connectivity index (χ4v) is 2.12. The average molecular weight is 255 g/mol. The molecule has 1 amide bonds. The van der Waals surface area contributed by atoms with Gasteiger partial charge in [0.1, 0.15) is 11.0 Å². The lowest BCUT2D eigenvalue weighted by Gasteiger charge is -2.31. The standard InChI is InChI=1S/C11H15ClN4O/c12-9-5-7(11(14)17)6-10(15-9)16-3-1-8(13)2-4-16/h5-6,8H,1-4,13H2,(H2,14,17).